The van der Waals surface area contributed by atoms with Crippen LogP contribution in [0.5, 0.6) is 0 Å². The van der Waals surface area contributed by atoms with Crippen molar-refractivity contribution in [3.8, 4) is 0 Å². The zero-order valence-electron chi connectivity index (χ0n) is 11.1. The summed E-state index contributed by atoms with van der Waals surface area (Å²) in [6, 6.07) is 1.69. The van der Waals surface area contributed by atoms with Gasteiger partial charge in [0.05, 0.1) is 25.0 Å². The van der Waals surface area contributed by atoms with Crippen LogP contribution in [-0.4, -0.2) is 49.2 Å². The maximum Gasteiger partial charge on any atom is 0.254 e. The van der Waals surface area contributed by atoms with Gasteiger partial charge in [0.25, 0.3) is 5.91 Å². The number of hydrogen-bond donors (Lipinski definition) is 1. The monoisotopic (exact) mass is 264 g/mol. The highest BCUT2D eigenvalue weighted by Crippen LogP contribution is 2.37. The minimum absolute atomic E-state index is 0.0479. The van der Waals surface area contributed by atoms with Crippen molar-refractivity contribution < 1.29 is 13.9 Å². The summed E-state index contributed by atoms with van der Waals surface area (Å²) in [5.41, 5.74) is 0.750. The van der Waals surface area contributed by atoms with Crippen LogP contribution >= 0.6 is 0 Å². The van der Waals surface area contributed by atoms with Crippen molar-refractivity contribution in [2.45, 2.75) is 24.8 Å². The number of hydrogen-bond acceptors (Lipinski definition) is 4. The highest BCUT2D eigenvalue weighted by Gasteiger charge is 2.42. The number of amides is 1. The van der Waals surface area contributed by atoms with Crippen LogP contribution in [0.25, 0.3) is 0 Å². The molecule has 0 unspecified atom stereocenters. The molecule has 19 heavy (non-hydrogen) atoms. The first-order chi connectivity index (χ1) is 9.30. The second-order valence-corrected chi connectivity index (χ2v) is 5.37. The quantitative estimate of drug-likeness (QED) is 0.889. The summed E-state index contributed by atoms with van der Waals surface area (Å²) in [5.74, 6) is -0.0479. The number of ether oxygens (including phenoxy) is 1. The Morgan fingerprint density at radius 3 is 2.74 bits per heavy atom. The van der Waals surface area contributed by atoms with E-state index < -0.39 is 0 Å². The first kappa shape index (κ1) is 12.7. The minimum Gasteiger partial charge on any atom is -0.472 e. The predicted molar refractivity (Wildman–Crippen MR) is 70.0 cm³/mol. The van der Waals surface area contributed by atoms with Crippen molar-refractivity contribution in [2.75, 3.05) is 32.8 Å². The van der Waals surface area contributed by atoms with Gasteiger partial charge in [-0.3, -0.25) is 9.69 Å². The third-order valence-electron chi connectivity index (χ3n) is 4.33. The molecule has 1 N–H and O–H groups in total. The van der Waals surface area contributed by atoms with Crippen LogP contribution in [0.4, 0.5) is 0 Å². The number of morpholine rings is 1. The molecule has 2 heterocycles. The summed E-state index contributed by atoms with van der Waals surface area (Å²) in [5, 5.41) is 3.04. The molecule has 0 atom stereocenters. The summed E-state index contributed by atoms with van der Waals surface area (Å²) in [6.45, 7) is 4.27. The number of nitrogens with zero attached hydrogens (tertiary/aromatic N) is 1. The molecule has 2 fully saturated rings. The zero-order valence-corrected chi connectivity index (χ0v) is 11.1. The van der Waals surface area contributed by atoms with Crippen molar-refractivity contribution in [3.63, 3.8) is 0 Å². The Bertz CT molecular complexity index is 420. The van der Waals surface area contributed by atoms with Crippen LogP contribution in [0.2, 0.25) is 0 Å². The average molecular weight is 264 g/mol. The van der Waals surface area contributed by atoms with Crippen molar-refractivity contribution in [1.82, 2.24) is 10.2 Å². The van der Waals surface area contributed by atoms with Crippen molar-refractivity contribution in [2.24, 2.45) is 0 Å². The van der Waals surface area contributed by atoms with Crippen LogP contribution in [-0.2, 0) is 4.74 Å². The minimum atomic E-state index is -0.0479. The van der Waals surface area contributed by atoms with Gasteiger partial charge in [0.2, 0.25) is 0 Å². The average Bonchev–Trinajstić information content (AvgIpc) is 2.92. The van der Waals surface area contributed by atoms with Crippen molar-refractivity contribution in [1.29, 1.82) is 0 Å². The molecule has 0 bridgehead atoms. The zero-order chi connectivity index (χ0) is 13.1. The number of furan rings is 1. The second-order valence-electron chi connectivity index (χ2n) is 5.37. The normalized spacial score (nSPS) is 22.7. The maximum absolute atomic E-state index is 12.0. The van der Waals surface area contributed by atoms with E-state index in [1.165, 1.54) is 31.8 Å². The van der Waals surface area contributed by atoms with Gasteiger partial charge in [0, 0.05) is 25.2 Å². The van der Waals surface area contributed by atoms with Gasteiger partial charge in [-0.2, -0.15) is 0 Å². The third kappa shape index (κ3) is 2.53. The Labute approximate surface area is 112 Å². The van der Waals surface area contributed by atoms with E-state index in [0.29, 0.717) is 5.56 Å². The molecule has 1 aromatic heterocycles. The van der Waals surface area contributed by atoms with E-state index >= 15 is 0 Å². The van der Waals surface area contributed by atoms with Gasteiger partial charge in [-0.05, 0) is 25.3 Å². The Morgan fingerprint density at radius 2 is 2.16 bits per heavy atom. The lowest BCUT2D eigenvalue weighted by Gasteiger charge is -2.51. The van der Waals surface area contributed by atoms with E-state index in [9.17, 15) is 4.79 Å². The fourth-order valence-electron chi connectivity index (χ4n) is 2.97. The molecule has 1 amide bonds. The molecular formula is C14H20N2O3. The Kier molecular flexibility index (Phi) is 3.57. The van der Waals surface area contributed by atoms with E-state index in [4.69, 9.17) is 9.15 Å². The smallest absolute Gasteiger partial charge is 0.254 e. The van der Waals surface area contributed by atoms with Crippen molar-refractivity contribution in [3.05, 3.63) is 24.2 Å². The van der Waals surface area contributed by atoms with E-state index in [1.807, 2.05) is 0 Å². The van der Waals surface area contributed by atoms with Crippen LogP contribution in [0.1, 0.15) is 29.6 Å². The molecule has 1 aliphatic carbocycles. The molecule has 0 spiro atoms. The Morgan fingerprint density at radius 1 is 1.37 bits per heavy atom. The van der Waals surface area contributed by atoms with Gasteiger partial charge in [-0.15, -0.1) is 0 Å². The fourth-order valence-corrected chi connectivity index (χ4v) is 2.97. The summed E-state index contributed by atoms with van der Waals surface area (Å²) < 4.78 is 10.3. The summed E-state index contributed by atoms with van der Waals surface area (Å²) in [7, 11) is 0. The molecule has 1 aliphatic heterocycles. The number of rotatable bonds is 4. The molecule has 5 heteroatoms. The summed E-state index contributed by atoms with van der Waals surface area (Å²) >= 11 is 0. The number of carbonyl (C=O) groups excluding carboxylic acids is 1. The van der Waals surface area contributed by atoms with Crippen LogP contribution in [0.3, 0.4) is 0 Å². The van der Waals surface area contributed by atoms with E-state index in [0.717, 1.165) is 32.8 Å². The van der Waals surface area contributed by atoms with Gasteiger partial charge in [0.15, 0.2) is 0 Å². The largest absolute Gasteiger partial charge is 0.472 e. The highest BCUT2D eigenvalue weighted by molar-refractivity contribution is 5.93. The van der Waals surface area contributed by atoms with E-state index in [2.05, 4.69) is 10.2 Å². The SMILES string of the molecule is O=C(NCC1(N2CCOCC2)CCC1)c1ccoc1. The lowest BCUT2D eigenvalue weighted by Crippen LogP contribution is -2.62. The Balaban J connectivity index is 1.59. The standard InChI is InChI=1S/C14H20N2O3/c17-13(12-2-7-19-10-12)15-11-14(3-1-4-14)16-5-8-18-9-6-16/h2,7,10H,1,3-6,8-9,11H2,(H,15,17). The maximum atomic E-state index is 12.0. The predicted octanol–water partition coefficient (Wildman–Crippen LogP) is 1.26. The van der Waals surface area contributed by atoms with E-state index in [-0.39, 0.29) is 11.4 Å². The lowest BCUT2D eigenvalue weighted by atomic mass is 9.75. The molecule has 3 rings (SSSR count). The van der Waals surface area contributed by atoms with Gasteiger partial charge in [0.1, 0.15) is 6.26 Å². The third-order valence-corrected chi connectivity index (χ3v) is 4.33. The molecule has 0 radical (unpaired) electrons. The first-order valence-corrected chi connectivity index (χ1v) is 6.93. The Hall–Kier alpha value is -1.33. The molecule has 104 valence electrons. The summed E-state index contributed by atoms with van der Waals surface area (Å²) in [4.78, 5) is 14.4. The van der Waals surface area contributed by atoms with Crippen LogP contribution < -0.4 is 5.32 Å². The molecule has 1 saturated heterocycles. The number of nitrogens with one attached hydrogen (secondary N) is 1. The van der Waals surface area contributed by atoms with Crippen molar-refractivity contribution >= 4 is 5.91 Å². The molecule has 5 nitrogen and oxygen atoms in total. The van der Waals surface area contributed by atoms with Gasteiger partial charge < -0.3 is 14.5 Å². The molecule has 1 saturated carbocycles. The molecule has 0 aromatic carbocycles. The second kappa shape index (κ2) is 5.35. The lowest BCUT2D eigenvalue weighted by molar-refractivity contribution is -0.0540. The molecule has 1 aromatic rings. The van der Waals surface area contributed by atoms with E-state index in [1.54, 1.807) is 6.07 Å². The van der Waals surface area contributed by atoms with Crippen LogP contribution in [0.15, 0.2) is 23.0 Å². The fraction of sp³-hybridized carbons (Fsp3) is 0.643. The van der Waals surface area contributed by atoms with Gasteiger partial charge in [-0.25, -0.2) is 0 Å². The molecule has 2 aliphatic rings. The first-order valence-electron chi connectivity index (χ1n) is 6.93. The molecular weight excluding hydrogens is 244 g/mol. The van der Waals surface area contributed by atoms with Crippen LogP contribution in [0, 0.1) is 0 Å². The summed E-state index contributed by atoms with van der Waals surface area (Å²) in [6.07, 6.45) is 6.59. The van der Waals surface area contributed by atoms with Gasteiger partial charge in [-0.1, -0.05) is 0 Å². The highest BCUT2D eigenvalue weighted by atomic mass is 16.5. The topological polar surface area (TPSA) is 54.7 Å². The number of carbonyl (C=O) groups is 1. The van der Waals surface area contributed by atoms with Gasteiger partial charge >= 0.3 is 0 Å².